The van der Waals surface area contributed by atoms with Gasteiger partial charge in [-0.1, -0.05) is 12.1 Å². The van der Waals surface area contributed by atoms with Gasteiger partial charge in [-0.2, -0.15) is 0 Å². The first-order chi connectivity index (χ1) is 11.6. The van der Waals surface area contributed by atoms with E-state index in [1.807, 2.05) is 19.1 Å². The third-order valence-corrected chi connectivity index (χ3v) is 3.72. The largest absolute Gasteiger partial charge is 0.497 e. The van der Waals surface area contributed by atoms with E-state index in [2.05, 4.69) is 5.32 Å². The maximum Gasteiger partial charge on any atom is 0.250 e. The first-order valence-corrected chi connectivity index (χ1v) is 7.61. The van der Waals surface area contributed by atoms with Gasteiger partial charge in [-0.3, -0.25) is 9.59 Å². The first-order valence-electron chi connectivity index (χ1n) is 7.61. The summed E-state index contributed by atoms with van der Waals surface area (Å²) in [6.07, 6.45) is 0. The Hall–Kier alpha value is -3.08. The van der Waals surface area contributed by atoms with Gasteiger partial charge in [-0.25, -0.2) is 0 Å². The summed E-state index contributed by atoms with van der Waals surface area (Å²) < 4.78 is 10.5. The molecule has 3 rings (SSSR count). The predicted octanol–water partition coefficient (Wildman–Crippen LogP) is 3.10. The number of rotatable bonds is 6. The quantitative estimate of drug-likeness (QED) is 0.706. The summed E-state index contributed by atoms with van der Waals surface area (Å²) >= 11 is 0. The van der Waals surface area contributed by atoms with Crippen molar-refractivity contribution < 1.29 is 9.47 Å². The molecule has 1 N–H and O–H groups in total. The molecule has 0 fully saturated rings. The topological polar surface area (TPSA) is 64.6 Å². The molecule has 0 aliphatic rings. The zero-order valence-corrected chi connectivity index (χ0v) is 13.5. The molecule has 0 atom stereocenters. The molecule has 3 aromatic rings. The van der Waals surface area contributed by atoms with Crippen LogP contribution in [-0.4, -0.2) is 13.7 Å². The molecule has 5 nitrogen and oxygen atoms in total. The van der Waals surface area contributed by atoms with E-state index in [-0.39, 0.29) is 0 Å². The monoisotopic (exact) mass is 323 g/mol. The summed E-state index contributed by atoms with van der Waals surface area (Å²) in [4.78, 5) is 23.9. The molecule has 0 aliphatic carbocycles. The molecule has 24 heavy (non-hydrogen) atoms. The highest BCUT2D eigenvalue weighted by atomic mass is 16.5. The fourth-order valence-corrected chi connectivity index (χ4v) is 2.49. The van der Waals surface area contributed by atoms with Crippen molar-refractivity contribution in [1.29, 1.82) is 0 Å². The molecular formula is C19H17NO4. The Morgan fingerprint density at radius 3 is 2.08 bits per heavy atom. The normalized spacial score (nSPS) is 10.6. The van der Waals surface area contributed by atoms with Gasteiger partial charge >= 0.3 is 0 Å². The molecule has 3 aromatic carbocycles. The van der Waals surface area contributed by atoms with Crippen molar-refractivity contribution in [2.75, 3.05) is 19.0 Å². The second-order valence-corrected chi connectivity index (χ2v) is 5.22. The molecule has 0 radical (unpaired) electrons. The van der Waals surface area contributed by atoms with Crippen LogP contribution in [0.4, 0.5) is 11.4 Å². The number of ether oxygens (including phenoxy) is 2. The molecule has 0 spiro atoms. The molecule has 0 saturated carbocycles. The second-order valence-electron chi connectivity index (χ2n) is 5.22. The average molecular weight is 323 g/mol. The van der Waals surface area contributed by atoms with Crippen molar-refractivity contribution in [3.63, 3.8) is 0 Å². The van der Waals surface area contributed by atoms with E-state index < -0.39 is 10.9 Å². The van der Waals surface area contributed by atoms with Crippen LogP contribution in [0.3, 0.4) is 0 Å². The van der Waals surface area contributed by atoms with E-state index in [0.717, 1.165) is 11.4 Å². The Bertz CT molecular complexity index is 904. The maximum atomic E-state index is 12.0. The van der Waals surface area contributed by atoms with E-state index in [4.69, 9.17) is 9.47 Å². The fourth-order valence-electron chi connectivity index (χ4n) is 2.49. The van der Waals surface area contributed by atoms with Gasteiger partial charge in [-0.15, -0.1) is 0 Å². The molecule has 122 valence electrons. The summed E-state index contributed by atoms with van der Waals surface area (Å²) in [5.74, 6) is 1.45. The van der Waals surface area contributed by atoms with Crippen molar-refractivity contribution in [3.05, 3.63) is 69.0 Å². The van der Waals surface area contributed by atoms with Crippen molar-refractivity contribution in [1.82, 2.24) is 0 Å². The van der Waals surface area contributed by atoms with E-state index >= 15 is 0 Å². The minimum absolute atomic E-state index is 0.314. The van der Waals surface area contributed by atoms with Gasteiger partial charge in [0.1, 0.15) is 17.2 Å². The zero-order chi connectivity index (χ0) is 17.1. The van der Waals surface area contributed by atoms with E-state index in [1.165, 1.54) is 0 Å². The predicted molar refractivity (Wildman–Crippen MR) is 94.2 cm³/mol. The van der Waals surface area contributed by atoms with Crippen LogP contribution < -0.4 is 25.6 Å². The van der Waals surface area contributed by atoms with Gasteiger partial charge in [0.2, 0.25) is 5.43 Å². The van der Waals surface area contributed by atoms with Gasteiger partial charge in [0.15, 0.2) is 0 Å². The van der Waals surface area contributed by atoms with Gasteiger partial charge in [0.05, 0.1) is 19.3 Å². The third kappa shape index (κ3) is 2.88. The van der Waals surface area contributed by atoms with Crippen LogP contribution in [0, 0.1) is 0 Å². The molecule has 0 unspecified atom stereocenters. The van der Waals surface area contributed by atoms with Crippen molar-refractivity contribution in [2.24, 2.45) is 0 Å². The standard InChI is InChI=1S/C19H17NO4/c1-3-24-15-10-6-13(7-11-15)20-17-16(18(21)19(17)22)12-4-8-14(23-2)9-5-12/h4-11,20H,3H2,1-2H3. The molecule has 0 bridgehead atoms. The SMILES string of the molecule is CCOc1ccc(Nc2c(-c3ccc(OC)cc3)c(=O)c2=O)cc1. The average Bonchev–Trinajstić information content (AvgIpc) is 2.63. The minimum Gasteiger partial charge on any atom is -0.497 e. The van der Waals surface area contributed by atoms with E-state index in [0.29, 0.717) is 29.2 Å². The summed E-state index contributed by atoms with van der Waals surface area (Å²) in [7, 11) is 1.57. The van der Waals surface area contributed by atoms with Crippen LogP contribution in [0.25, 0.3) is 11.1 Å². The molecule has 0 amide bonds. The van der Waals surface area contributed by atoms with Gasteiger partial charge in [0, 0.05) is 5.69 Å². The lowest BCUT2D eigenvalue weighted by Gasteiger charge is -2.14. The summed E-state index contributed by atoms with van der Waals surface area (Å²) in [6.45, 7) is 2.50. The second kappa shape index (κ2) is 6.58. The molecular weight excluding hydrogens is 306 g/mol. The lowest BCUT2D eigenvalue weighted by molar-refractivity contribution is 0.340. The summed E-state index contributed by atoms with van der Waals surface area (Å²) in [5.41, 5.74) is 1.14. The maximum absolute atomic E-state index is 12.0. The lowest BCUT2D eigenvalue weighted by atomic mass is 9.98. The molecule has 0 aliphatic heterocycles. The Balaban J connectivity index is 1.88. The van der Waals surface area contributed by atoms with Crippen LogP contribution in [0.15, 0.2) is 58.1 Å². The van der Waals surface area contributed by atoms with Crippen LogP contribution >= 0.6 is 0 Å². The fraction of sp³-hybridized carbons (Fsp3) is 0.158. The Morgan fingerprint density at radius 2 is 1.50 bits per heavy atom. The Morgan fingerprint density at radius 1 is 0.875 bits per heavy atom. The summed E-state index contributed by atoms with van der Waals surface area (Å²) in [5, 5.41) is 3.03. The number of benzene rings is 2. The van der Waals surface area contributed by atoms with Gasteiger partial charge in [0.25, 0.3) is 5.43 Å². The van der Waals surface area contributed by atoms with Crippen LogP contribution in [0.5, 0.6) is 11.5 Å². The number of hydrogen-bond acceptors (Lipinski definition) is 5. The van der Waals surface area contributed by atoms with Crippen molar-refractivity contribution in [2.45, 2.75) is 6.92 Å². The number of nitrogens with one attached hydrogen (secondary N) is 1. The van der Waals surface area contributed by atoms with Gasteiger partial charge in [-0.05, 0) is 48.9 Å². The van der Waals surface area contributed by atoms with Crippen LogP contribution in [0.1, 0.15) is 6.92 Å². The van der Waals surface area contributed by atoms with E-state index in [9.17, 15) is 9.59 Å². The Kier molecular flexibility index (Phi) is 4.33. The lowest BCUT2D eigenvalue weighted by Crippen LogP contribution is -2.35. The molecule has 0 aromatic heterocycles. The highest BCUT2D eigenvalue weighted by Gasteiger charge is 2.22. The summed E-state index contributed by atoms with van der Waals surface area (Å²) in [6, 6.07) is 14.3. The molecule has 5 heteroatoms. The number of methoxy groups -OCH3 is 1. The smallest absolute Gasteiger partial charge is 0.250 e. The highest BCUT2D eigenvalue weighted by Crippen LogP contribution is 2.28. The number of anilines is 2. The first kappa shape index (κ1) is 15.8. The third-order valence-electron chi connectivity index (χ3n) is 3.72. The number of hydrogen-bond donors (Lipinski definition) is 1. The Labute approximate surface area is 139 Å². The van der Waals surface area contributed by atoms with E-state index in [1.54, 1.807) is 43.5 Å². The van der Waals surface area contributed by atoms with Crippen LogP contribution in [0.2, 0.25) is 0 Å². The van der Waals surface area contributed by atoms with Crippen molar-refractivity contribution >= 4 is 11.4 Å². The molecule has 0 heterocycles. The highest BCUT2D eigenvalue weighted by molar-refractivity contribution is 5.84. The van der Waals surface area contributed by atoms with Crippen LogP contribution in [-0.2, 0) is 0 Å². The molecule has 0 saturated heterocycles. The zero-order valence-electron chi connectivity index (χ0n) is 13.5. The van der Waals surface area contributed by atoms with Crippen molar-refractivity contribution in [3.8, 4) is 22.6 Å². The van der Waals surface area contributed by atoms with Gasteiger partial charge < -0.3 is 14.8 Å². The minimum atomic E-state index is -0.505.